The Labute approximate surface area is 121 Å². The maximum Gasteiger partial charge on any atom is 0.221 e. The quantitative estimate of drug-likeness (QED) is 0.913. The van der Waals surface area contributed by atoms with Crippen LogP contribution in [0, 0.1) is 25.2 Å². The van der Waals surface area contributed by atoms with Crippen molar-refractivity contribution in [3.8, 4) is 6.07 Å². The minimum absolute atomic E-state index is 0.00609. The van der Waals surface area contributed by atoms with Gasteiger partial charge in [0.25, 0.3) is 0 Å². The summed E-state index contributed by atoms with van der Waals surface area (Å²) in [5.41, 5.74) is 3.08. The Hall–Kier alpha value is -1.82. The highest BCUT2D eigenvalue weighted by Gasteiger charge is 2.35. The van der Waals surface area contributed by atoms with Crippen molar-refractivity contribution in [2.75, 3.05) is 0 Å². The molecular weight excluding hydrogens is 248 g/mol. The lowest BCUT2D eigenvalue weighted by molar-refractivity contribution is -0.122. The van der Waals surface area contributed by atoms with Crippen LogP contribution in [0.5, 0.6) is 0 Å². The fraction of sp³-hybridized carbons (Fsp3) is 0.529. The van der Waals surface area contributed by atoms with Gasteiger partial charge in [0, 0.05) is 6.42 Å². The molecule has 0 saturated heterocycles. The second-order valence-corrected chi connectivity index (χ2v) is 5.88. The Morgan fingerprint density at radius 1 is 1.35 bits per heavy atom. The SMILES string of the molecule is Cc1ccc(CCC(=O)NC2(C#N)CCCC2)c(C)c1. The summed E-state index contributed by atoms with van der Waals surface area (Å²) in [5.74, 6) is -0.00609. The van der Waals surface area contributed by atoms with E-state index in [1.165, 1.54) is 16.7 Å². The standard InChI is InChI=1S/C17H22N2O/c1-13-5-6-15(14(2)11-13)7-8-16(20)19-17(12-18)9-3-4-10-17/h5-6,11H,3-4,7-10H2,1-2H3,(H,19,20). The molecule has 1 aliphatic rings. The van der Waals surface area contributed by atoms with Gasteiger partial charge in [0.15, 0.2) is 0 Å². The summed E-state index contributed by atoms with van der Waals surface area (Å²) in [7, 11) is 0. The molecule has 1 aliphatic carbocycles. The second-order valence-electron chi connectivity index (χ2n) is 5.88. The van der Waals surface area contributed by atoms with Crippen LogP contribution in [0.4, 0.5) is 0 Å². The summed E-state index contributed by atoms with van der Waals surface area (Å²) < 4.78 is 0. The minimum Gasteiger partial charge on any atom is -0.338 e. The lowest BCUT2D eigenvalue weighted by atomic mass is 9.98. The molecule has 0 unspecified atom stereocenters. The van der Waals surface area contributed by atoms with E-state index in [9.17, 15) is 10.1 Å². The van der Waals surface area contributed by atoms with Crippen molar-refractivity contribution < 1.29 is 4.79 Å². The Bertz CT molecular complexity index is 536. The lowest BCUT2D eigenvalue weighted by Gasteiger charge is -2.22. The molecule has 20 heavy (non-hydrogen) atoms. The fourth-order valence-electron chi connectivity index (χ4n) is 2.95. The smallest absolute Gasteiger partial charge is 0.221 e. The number of rotatable bonds is 4. The van der Waals surface area contributed by atoms with E-state index in [-0.39, 0.29) is 5.91 Å². The first-order valence-electron chi connectivity index (χ1n) is 7.33. The van der Waals surface area contributed by atoms with Gasteiger partial charge in [-0.05, 0) is 57.1 Å². The van der Waals surface area contributed by atoms with Gasteiger partial charge in [-0.15, -0.1) is 0 Å². The van der Waals surface area contributed by atoms with Crippen LogP contribution in [0.1, 0.15) is 48.8 Å². The first kappa shape index (κ1) is 14.6. The van der Waals surface area contributed by atoms with Gasteiger partial charge < -0.3 is 5.32 Å². The second kappa shape index (κ2) is 6.09. The van der Waals surface area contributed by atoms with E-state index in [1.807, 2.05) is 0 Å². The fourth-order valence-corrected chi connectivity index (χ4v) is 2.95. The zero-order valence-electron chi connectivity index (χ0n) is 12.3. The van der Waals surface area contributed by atoms with Gasteiger partial charge in [0.2, 0.25) is 5.91 Å². The van der Waals surface area contributed by atoms with E-state index in [0.29, 0.717) is 6.42 Å². The third kappa shape index (κ3) is 3.39. The summed E-state index contributed by atoms with van der Waals surface area (Å²) in [6.45, 7) is 4.15. The van der Waals surface area contributed by atoms with Crippen molar-refractivity contribution >= 4 is 5.91 Å². The highest BCUT2D eigenvalue weighted by atomic mass is 16.1. The predicted octanol–water partition coefficient (Wildman–Crippen LogP) is 3.19. The van der Waals surface area contributed by atoms with E-state index in [0.717, 1.165) is 32.1 Å². The Balaban J connectivity index is 1.91. The van der Waals surface area contributed by atoms with Crippen LogP contribution in [0.25, 0.3) is 0 Å². The summed E-state index contributed by atoms with van der Waals surface area (Å²) in [6.07, 6.45) is 4.83. The average molecular weight is 270 g/mol. The van der Waals surface area contributed by atoms with Gasteiger partial charge in [0.1, 0.15) is 5.54 Å². The maximum atomic E-state index is 12.1. The number of carbonyl (C=O) groups excluding carboxylic acids is 1. The molecule has 3 heteroatoms. The van der Waals surface area contributed by atoms with Crippen LogP contribution < -0.4 is 5.32 Å². The summed E-state index contributed by atoms with van der Waals surface area (Å²) >= 11 is 0. The third-order valence-corrected chi connectivity index (χ3v) is 4.17. The molecule has 2 rings (SSSR count). The number of nitrogens with one attached hydrogen (secondary N) is 1. The monoisotopic (exact) mass is 270 g/mol. The highest BCUT2D eigenvalue weighted by Crippen LogP contribution is 2.29. The van der Waals surface area contributed by atoms with Crippen LogP contribution in [0.3, 0.4) is 0 Å². The molecule has 0 spiro atoms. The average Bonchev–Trinajstić information content (AvgIpc) is 2.87. The molecule has 0 bridgehead atoms. The minimum atomic E-state index is -0.598. The molecule has 1 aromatic rings. The molecule has 0 atom stereocenters. The largest absolute Gasteiger partial charge is 0.338 e. The van der Waals surface area contributed by atoms with Crippen LogP contribution in [-0.4, -0.2) is 11.4 Å². The third-order valence-electron chi connectivity index (χ3n) is 4.17. The molecule has 1 amide bonds. The van der Waals surface area contributed by atoms with Gasteiger partial charge in [-0.3, -0.25) is 4.79 Å². The normalized spacial score (nSPS) is 16.6. The van der Waals surface area contributed by atoms with Crippen LogP contribution in [0.15, 0.2) is 18.2 Å². The number of aryl methyl sites for hydroxylation is 3. The number of benzene rings is 1. The first-order chi connectivity index (χ1) is 9.54. The van der Waals surface area contributed by atoms with Crippen LogP contribution in [0.2, 0.25) is 0 Å². The molecular formula is C17H22N2O. The highest BCUT2D eigenvalue weighted by molar-refractivity contribution is 5.77. The van der Waals surface area contributed by atoms with Gasteiger partial charge in [-0.1, -0.05) is 23.8 Å². The molecule has 1 N–H and O–H groups in total. The molecule has 0 heterocycles. The topological polar surface area (TPSA) is 52.9 Å². The van der Waals surface area contributed by atoms with Crippen molar-refractivity contribution in [1.29, 1.82) is 5.26 Å². The van der Waals surface area contributed by atoms with Crippen LogP contribution in [-0.2, 0) is 11.2 Å². The van der Waals surface area contributed by atoms with Gasteiger partial charge >= 0.3 is 0 Å². The van der Waals surface area contributed by atoms with E-state index >= 15 is 0 Å². The summed E-state index contributed by atoms with van der Waals surface area (Å²) in [6, 6.07) is 8.60. The number of nitriles is 1. The van der Waals surface area contributed by atoms with Crippen LogP contribution >= 0.6 is 0 Å². The number of amides is 1. The van der Waals surface area contributed by atoms with Gasteiger partial charge in [0.05, 0.1) is 6.07 Å². The van der Waals surface area contributed by atoms with E-state index in [1.54, 1.807) is 0 Å². The maximum absolute atomic E-state index is 12.1. The number of hydrogen-bond acceptors (Lipinski definition) is 2. The van der Waals surface area contributed by atoms with Crippen molar-refractivity contribution in [3.63, 3.8) is 0 Å². The lowest BCUT2D eigenvalue weighted by Crippen LogP contribution is -2.45. The summed E-state index contributed by atoms with van der Waals surface area (Å²) in [5, 5.41) is 12.2. The van der Waals surface area contributed by atoms with E-state index in [2.05, 4.69) is 43.4 Å². The van der Waals surface area contributed by atoms with Crippen molar-refractivity contribution in [2.45, 2.75) is 57.9 Å². The van der Waals surface area contributed by atoms with E-state index < -0.39 is 5.54 Å². The first-order valence-corrected chi connectivity index (χ1v) is 7.33. The molecule has 0 aliphatic heterocycles. The molecule has 1 aromatic carbocycles. The Morgan fingerprint density at radius 2 is 2.05 bits per heavy atom. The molecule has 1 saturated carbocycles. The van der Waals surface area contributed by atoms with Crippen molar-refractivity contribution in [1.82, 2.24) is 5.32 Å². The Morgan fingerprint density at radius 3 is 2.65 bits per heavy atom. The zero-order chi connectivity index (χ0) is 14.6. The predicted molar refractivity (Wildman–Crippen MR) is 79.2 cm³/mol. The molecule has 1 fully saturated rings. The zero-order valence-corrected chi connectivity index (χ0v) is 12.3. The van der Waals surface area contributed by atoms with Crippen molar-refractivity contribution in [2.24, 2.45) is 0 Å². The molecule has 3 nitrogen and oxygen atoms in total. The molecule has 0 radical (unpaired) electrons. The number of hydrogen-bond donors (Lipinski definition) is 1. The summed E-state index contributed by atoms with van der Waals surface area (Å²) in [4.78, 5) is 12.1. The number of nitrogens with zero attached hydrogens (tertiary/aromatic N) is 1. The number of carbonyl (C=O) groups is 1. The molecule has 0 aromatic heterocycles. The Kier molecular flexibility index (Phi) is 4.44. The van der Waals surface area contributed by atoms with Gasteiger partial charge in [-0.2, -0.15) is 5.26 Å². The molecule has 106 valence electrons. The van der Waals surface area contributed by atoms with E-state index in [4.69, 9.17) is 0 Å². The van der Waals surface area contributed by atoms with Crippen molar-refractivity contribution in [3.05, 3.63) is 34.9 Å². The van der Waals surface area contributed by atoms with Gasteiger partial charge in [-0.25, -0.2) is 0 Å².